The van der Waals surface area contributed by atoms with E-state index in [-0.39, 0.29) is 24.3 Å². The molecule has 0 amide bonds. The van der Waals surface area contributed by atoms with Crippen molar-refractivity contribution in [2.45, 2.75) is 20.3 Å². The maximum absolute atomic E-state index is 13.3. The average molecular weight is 195 g/mol. The second-order valence-corrected chi connectivity index (χ2v) is 3.38. The molecule has 0 aliphatic rings. The van der Waals surface area contributed by atoms with Gasteiger partial charge in [-0.25, -0.2) is 4.39 Å². The number of aryl methyl sites for hydroxylation is 2. The van der Waals surface area contributed by atoms with E-state index in [0.717, 1.165) is 11.1 Å². The summed E-state index contributed by atoms with van der Waals surface area (Å²) < 4.78 is 13.3. The Labute approximate surface area is 82.9 Å². The van der Waals surface area contributed by atoms with E-state index >= 15 is 0 Å². The molecule has 3 heteroatoms. The zero-order valence-electron chi connectivity index (χ0n) is 8.43. The lowest BCUT2D eigenvalue weighted by atomic mass is 10.0. The van der Waals surface area contributed by atoms with Crippen LogP contribution in [0.3, 0.4) is 0 Å². The Morgan fingerprint density at radius 2 is 1.93 bits per heavy atom. The number of Topliss-reactive ketones (excluding diaryl/α,β-unsaturated/α-hetero) is 1. The molecule has 0 bridgehead atoms. The highest BCUT2D eigenvalue weighted by atomic mass is 19.1. The smallest absolute Gasteiger partial charge is 0.167 e. The van der Waals surface area contributed by atoms with Crippen molar-refractivity contribution < 1.29 is 9.18 Å². The van der Waals surface area contributed by atoms with Gasteiger partial charge in [0.15, 0.2) is 5.78 Å². The van der Waals surface area contributed by atoms with Crippen LogP contribution in [0.25, 0.3) is 0 Å². The molecule has 76 valence electrons. The molecule has 0 radical (unpaired) electrons. The summed E-state index contributed by atoms with van der Waals surface area (Å²) in [6.07, 6.45) is 0.194. The molecule has 0 aliphatic carbocycles. The normalized spacial score (nSPS) is 10.3. The quantitative estimate of drug-likeness (QED) is 0.749. The Kier molecular flexibility index (Phi) is 3.36. The predicted molar refractivity (Wildman–Crippen MR) is 53.9 cm³/mol. The van der Waals surface area contributed by atoms with E-state index in [9.17, 15) is 9.18 Å². The van der Waals surface area contributed by atoms with E-state index in [2.05, 4.69) is 0 Å². The summed E-state index contributed by atoms with van der Waals surface area (Å²) in [4.78, 5) is 11.4. The summed E-state index contributed by atoms with van der Waals surface area (Å²) >= 11 is 0. The monoisotopic (exact) mass is 195 g/mol. The number of ketones is 1. The van der Waals surface area contributed by atoms with Gasteiger partial charge in [-0.05, 0) is 43.7 Å². The van der Waals surface area contributed by atoms with Crippen LogP contribution in [0.5, 0.6) is 0 Å². The van der Waals surface area contributed by atoms with Gasteiger partial charge in [-0.1, -0.05) is 0 Å². The van der Waals surface area contributed by atoms with Gasteiger partial charge >= 0.3 is 0 Å². The molecule has 14 heavy (non-hydrogen) atoms. The average Bonchev–Trinajstić information content (AvgIpc) is 2.11. The minimum atomic E-state index is -0.452. The van der Waals surface area contributed by atoms with Crippen LogP contribution in [0.4, 0.5) is 4.39 Å². The Balaban J connectivity index is 3.09. The Morgan fingerprint density at radius 1 is 1.36 bits per heavy atom. The second-order valence-electron chi connectivity index (χ2n) is 3.38. The molecule has 1 rings (SSSR count). The van der Waals surface area contributed by atoms with Crippen LogP contribution < -0.4 is 5.73 Å². The number of benzene rings is 1. The van der Waals surface area contributed by atoms with Gasteiger partial charge in [-0.2, -0.15) is 0 Å². The summed E-state index contributed by atoms with van der Waals surface area (Å²) in [6, 6.07) is 2.97. The molecule has 0 unspecified atom stereocenters. The number of nitrogens with two attached hydrogens (primary N) is 1. The molecule has 0 aliphatic heterocycles. The molecule has 0 spiro atoms. The fraction of sp³-hybridized carbons (Fsp3) is 0.364. The summed E-state index contributed by atoms with van der Waals surface area (Å²) in [5.74, 6) is -0.681. The van der Waals surface area contributed by atoms with E-state index < -0.39 is 5.82 Å². The highest BCUT2D eigenvalue weighted by Crippen LogP contribution is 2.15. The molecule has 0 fully saturated rings. The maximum atomic E-state index is 13.3. The van der Waals surface area contributed by atoms with E-state index in [1.54, 1.807) is 6.07 Å². The van der Waals surface area contributed by atoms with Crippen molar-refractivity contribution in [3.05, 3.63) is 34.6 Å². The van der Waals surface area contributed by atoms with Crippen LogP contribution in [-0.4, -0.2) is 12.3 Å². The van der Waals surface area contributed by atoms with Crippen LogP contribution in [0.2, 0.25) is 0 Å². The van der Waals surface area contributed by atoms with Crippen LogP contribution in [0.1, 0.15) is 27.9 Å². The molecule has 1 aromatic carbocycles. The van der Waals surface area contributed by atoms with Crippen molar-refractivity contribution >= 4 is 5.78 Å². The van der Waals surface area contributed by atoms with Gasteiger partial charge in [0.05, 0.1) is 5.56 Å². The fourth-order valence-corrected chi connectivity index (χ4v) is 1.26. The SMILES string of the molecule is Cc1cc(F)c(C(=O)CCN)cc1C. The number of halogens is 1. The van der Waals surface area contributed by atoms with E-state index in [0.29, 0.717) is 0 Å². The molecule has 1 aromatic rings. The first-order valence-corrected chi connectivity index (χ1v) is 4.56. The summed E-state index contributed by atoms with van der Waals surface area (Å²) in [5.41, 5.74) is 7.17. The summed E-state index contributed by atoms with van der Waals surface area (Å²) in [6.45, 7) is 3.93. The third-order valence-electron chi connectivity index (χ3n) is 2.26. The molecular weight excluding hydrogens is 181 g/mol. The van der Waals surface area contributed by atoms with Crippen molar-refractivity contribution in [3.63, 3.8) is 0 Å². The number of rotatable bonds is 3. The summed E-state index contributed by atoms with van der Waals surface area (Å²) in [7, 11) is 0. The molecule has 0 saturated carbocycles. The van der Waals surface area contributed by atoms with E-state index in [1.165, 1.54) is 6.07 Å². The molecule has 2 nitrogen and oxygen atoms in total. The van der Waals surface area contributed by atoms with E-state index in [4.69, 9.17) is 5.73 Å². The zero-order chi connectivity index (χ0) is 10.7. The van der Waals surface area contributed by atoms with Gasteiger partial charge < -0.3 is 5.73 Å². The van der Waals surface area contributed by atoms with Crippen molar-refractivity contribution in [2.24, 2.45) is 5.73 Å². The lowest BCUT2D eigenvalue weighted by molar-refractivity contribution is 0.0981. The number of carbonyl (C=O) groups excluding carboxylic acids is 1. The lowest BCUT2D eigenvalue weighted by Gasteiger charge is -2.05. The minimum absolute atomic E-state index is 0.151. The van der Waals surface area contributed by atoms with Crippen LogP contribution in [0, 0.1) is 19.7 Å². The third-order valence-corrected chi connectivity index (χ3v) is 2.26. The molecule has 0 aromatic heterocycles. The van der Waals surface area contributed by atoms with Crippen molar-refractivity contribution in [1.82, 2.24) is 0 Å². The van der Waals surface area contributed by atoms with Gasteiger partial charge in [-0.3, -0.25) is 4.79 Å². The van der Waals surface area contributed by atoms with Crippen molar-refractivity contribution in [2.75, 3.05) is 6.54 Å². The third kappa shape index (κ3) is 2.17. The van der Waals surface area contributed by atoms with Gasteiger partial charge in [0.2, 0.25) is 0 Å². The number of hydrogen-bond acceptors (Lipinski definition) is 2. The molecular formula is C11H14FNO. The van der Waals surface area contributed by atoms with Crippen molar-refractivity contribution in [1.29, 1.82) is 0 Å². The maximum Gasteiger partial charge on any atom is 0.167 e. The highest BCUT2D eigenvalue weighted by molar-refractivity contribution is 5.96. The van der Waals surface area contributed by atoms with Crippen LogP contribution >= 0.6 is 0 Å². The minimum Gasteiger partial charge on any atom is -0.330 e. The second kappa shape index (κ2) is 4.33. The lowest BCUT2D eigenvalue weighted by Crippen LogP contribution is -2.10. The number of hydrogen-bond donors (Lipinski definition) is 1. The first-order chi connectivity index (χ1) is 6.56. The van der Waals surface area contributed by atoms with Crippen LogP contribution in [0.15, 0.2) is 12.1 Å². The molecule has 0 atom stereocenters. The molecule has 2 N–H and O–H groups in total. The topological polar surface area (TPSA) is 43.1 Å². The fourth-order valence-electron chi connectivity index (χ4n) is 1.26. The Morgan fingerprint density at radius 3 is 2.50 bits per heavy atom. The zero-order valence-corrected chi connectivity index (χ0v) is 8.43. The highest BCUT2D eigenvalue weighted by Gasteiger charge is 2.11. The largest absolute Gasteiger partial charge is 0.330 e. The number of carbonyl (C=O) groups is 1. The van der Waals surface area contributed by atoms with Gasteiger partial charge in [0.25, 0.3) is 0 Å². The first kappa shape index (κ1) is 10.9. The molecule has 0 heterocycles. The predicted octanol–water partition coefficient (Wildman–Crippen LogP) is 1.97. The summed E-state index contributed by atoms with van der Waals surface area (Å²) in [5, 5.41) is 0. The standard InChI is InChI=1S/C11H14FNO/c1-7-5-9(11(14)3-4-13)10(12)6-8(7)2/h5-6H,3-4,13H2,1-2H3. The Bertz CT molecular complexity index is 361. The molecule has 0 saturated heterocycles. The Hall–Kier alpha value is -1.22. The van der Waals surface area contributed by atoms with Gasteiger partial charge in [-0.15, -0.1) is 0 Å². The van der Waals surface area contributed by atoms with Gasteiger partial charge in [0.1, 0.15) is 5.82 Å². The van der Waals surface area contributed by atoms with E-state index in [1.807, 2.05) is 13.8 Å². The van der Waals surface area contributed by atoms with Crippen molar-refractivity contribution in [3.8, 4) is 0 Å². The van der Waals surface area contributed by atoms with Gasteiger partial charge in [0, 0.05) is 6.42 Å². The van der Waals surface area contributed by atoms with Crippen LogP contribution in [-0.2, 0) is 0 Å². The first-order valence-electron chi connectivity index (χ1n) is 4.56.